The number of halogens is 3. The van der Waals surface area contributed by atoms with Gasteiger partial charge in [-0.3, -0.25) is 0 Å². The van der Waals surface area contributed by atoms with Crippen LogP contribution in [-0.2, 0) is 0 Å². The fourth-order valence-electron chi connectivity index (χ4n) is 1.71. The molecular weight excluding hydrogens is 217 g/mol. The van der Waals surface area contributed by atoms with Crippen LogP contribution in [0.4, 0.5) is 13.2 Å². The molecule has 4 heteroatoms. The standard InChI is InChI=1S/C12H11F3O/c1-2-11(12(13,14)15)8-7-9-5-3-4-6-10(9)16-11/h3-8H,2H2,1H3. The van der Waals surface area contributed by atoms with Crippen LogP contribution in [0, 0.1) is 0 Å². The topological polar surface area (TPSA) is 9.23 Å². The van der Waals surface area contributed by atoms with E-state index >= 15 is 0 Å². The highest BCUT2D eigenvalue weighted by atomic mass is 19.4. The van der Waals surface area contributed by atoms with Gasteiger partial charge in [0, 0.05) is 5.56 Å². The van der Waals surface area contributed by atoms with E-state index in [0.717, 1.165) is 6.08 Å². The Labute approximate surface area is 91.5 Å². The van der Waals surface area contributed by atoms with Crippen LogP contribution in [-0.4, -0.2) is 11.8 Å². The van der Waals surface area contributed by atoms with Crippen molar-refractivity contribution in [1.82, 2.24) is 0 Å². The maximum Gasteiger partial charge on any atom is 0.432 e. The Bertz CT molecular complexity index is 423. The first-order valence-electron chi connectivity index (χ1n) is 5.02. The number of ether oxygens (including phenoxy) is 1. The molecule has 1 aromatic carbocycles. The normalized spacial score (nSPS) is 23.8. The summed E-state index contributed by atoms with van der Waals surface area (Å²) in [6, 6.07) is 6.70. The first kappa shape index (κ1) is 11.0. The third-order valence-electron chi connectivity index (χ3n) is 2.75. The molecule has 1 aromatic rings. The van der Waals surface area contributed by atoms with Crippen LogP contribution in [0.15, 0.2) is 30.3 Å². The first-order valence-corrected chi connectivity index (χ1v) is 5.02. The molecule has 1 heterocycles. The monoisotopic (exact) mass is 228 g/mol. The van der Waals surface area contributed by atoms with Gasteiger partial charge in [-0.05, 0) is 18.6 Å². The number of fused-ring (bicyclic) bond motifs is 1. The Balaban J connectivity index is 2.44. The van der Waals surface area contributed by atoms with Gasteiger partial charge in [-0.15, -0.1) is 0 Å². The van der Waals surface area contributed by atoms with Crippen molar-refractivity contribution in [3.63, 3.8) is 0 Å². The molecule has 2 rings (SSSR count). The van der Waals surface area contributed by atoms with Crippen molar-refractivity contribution in [1.29, 1.82) is 0 Å². The summed E-state index contributed by atoms with van der Waals surface area (Å²) in [5.41, 5.74) is -1.50. The highest BCUT2D eigenvalue weighted by molar-refractivity contribution is 5.61. The van der Waals surface area contributed by atoms with Crippen LogP contribution in [0.25, 0.3) is 6.08 Å². The molecule has 1 atom stereocenters. The molecule has 1 unspecified atom stereocenters. The summed E-state index contributed by atoms with van der Waals surface area (Å²) in [7, 11) is 0. The van der Waals surface area contributed by atoms with Gasteiger partial charge in [0.15, 0.2) is 0 Å². The summed E-state index contributed by atoms with van der Waals surface area (Å²) < 4.78 is 43.9. The second kappa shape index (κ2) is 3.54. The van der Waals surface area contributed by atoms with Crippen molar-refractivity contribution < 1.29 is 17.9 Å². The van der Waals surface area contributed by atoms with Gasteiger partial charge in [-0.1, -0.05) is 31.2 Å². The molecule has 0 saturated heterocycles. The minimum Gasteiger partial charge on any atom is -0.473 e. The molecule has 0 spiro atoms. The molecule has 0 fully saturated rings. The van der Waals surface area contributed by atoms with Gasteiger partial charge in [0.2, 0.25) is 5.60 Å². The van der Waals surface area contributed by atoms with Crippen LogP contribution in [0.1, 0.15) is 18.9 Å². The molecule has 16 heavy (non-hydrogen) atoms. The molecule has 1 nitrogen and oxygen atoms in total. The number of para-hydroxylation sites is 1. The van der Waals surface area contributed by atoms with E-state index in [1.807, 2.05) is 0 Å². The third-order valence-corrected chi connectivity index (χ3v) is 2.75. The lowest BCUT2D eigenvalue weighted by molar-refractivity contribution is -0.230. The number of hydrogen-bond donors (Lipinski definition) is 0. The van der Waals surface area contributed by atoms with E-state index in [-0.39, 0.29) is 12.2 Å². The summed E-state index contributed by atoms with van der Waals surface area (Å²) in [5.74, 6) is 0.282. The fourth-order valence-corrected chi connectivity index (χ4v) is 1.71. The highest BCUT2D eigenvalue weighted by Gasteiger charge is 2.55. The van der Waals surface area contributed by atoms with Crippen molar-refractivity contribution in [3.05, 3.63) is 35.9 Å². The van der Waals surface area contributed by atoms with Crippen molar-refractivity contribution in [2.24, 2.45) is 0 Å². The Hall–Kier alpha value is -1.45. The fraction of sp³-hybridized carbons (Fsp3) is 0.333. The van der Waals surface area contributed by atoms with E-state index < -0.39 is 11.8 Å². The summed E-state index contributed by atoms with van der Waals surface area (Å²) in [5, 5.41) is 0. The number of alkyl halides is 3. The molecule has 0 amide bonds. The van der Waals surface area contributed by atoms with Crippen molar-refractivity contribution in [2.45, 2.75) is 25.1 Å². The Kier molecular flexibility index (Phi) is 2.45. The zero-order chi connectivity index (χ0) is 11.8. The molecule has 0 bridgehead atoms. The second-order valence-corrected chi connectivity index (χ2v) is 3.71. The zero-order valence-corrected chi connectivity index (χ0v) is 8.71. The van der Waals surface area contributed by atoms with Crippen molar-refractivity contribution in [2.75, 3.05) is 0 Å². The number of benzene rings is 1. The Morgan fingerprint density at radius 2 is 1.94 bits per heavy atom. The van der Waals surface area contributed by atoms with Crippen LogP contribution < -0.4 is 4.74 Å². The molecule has 0 N–H and O–H groups in total. The zero-order valence-electron chi connectivity index (χ0n) is 8.71. The van der Waals surface area contributed by atoms with Gasteiger partial charge in [-0.2, -0.15) is 13.2 Å². The summed E-state index contributed by atoms with van der Waals surface area (Å²) in [6.45, 7) is 1.46. The molecule has 86 valence electrons. The minimum absolute atomic E-state index is 0.138. The van der Waals surface area contributed by atoms with E-state index in [9.17, 15) is 13.2 Å². The Morgan fingerprint density at radius 3 is 2.56 bits per heavy atom. The van der Waals surface area contributed by atoms with E-state index in [1.54, 1.807) is 24.3 Å². The van der Waals surface area contributed by atoms with Gasteiger partial charge < -0.3 is 4.74 Å². The molecule has 1 aliphatic heterocycles. The summed E-state index contributed by atoms with van der Waals surface area (Å²) in [6.07, 6.45) is -1.97. The maximum absolute atomic E-state index is 12.9. The quantitative estimate of drug-likeness (QED) is 0.710. The molecule has 0 saturated carbocycles. The van der Waals surface area contributed by atoms with E-state index in [2.05, 4.69) is 0 Å². The van der Waals surface area contributed by atoms with Gasteiger partial charge in [0.1, 0.15) is 5.75 Å². The van der Waals surface area contributed by atoms with Crippen molar-refractivity contribution in [3.8, 4) is 5.75 Å². The van der Waals surface area contributed by atoms with Gasteiger partial charge in [-0.25, -0.2) is 0 Å². The van der Waals surface area contributed by atoms with E-state index in [1.165, 1.54) is 13.0 Å². The minimum atomic E-state index is -4.40. The molecule has 0 aliphatic carbocycles. The van der Waals surface area contributed by atoms with Gasteiger partial charge in [0.25, 0.3) is 0 Å². The highest BCUT2D eigenvalue weighted by Crippen LogP contribution is 2.42. The lowest BCUT2D eigenvalue weighted by atomic mass is 9.95. The average Bonchev–Trinajstić information content (AvgIpc) is 2.27. The lowest BCUT2D eigenvalue weighted by Crippen LogP contribution is -2.49. The summed E-state index contributed by atoms with van der Waals surface area (Å²) >= 11 is 0. The first-order chi connectivity index (χ1) is 7.48. The maximum atomic E-state index is 12.9. The third kappa shape index (κ3) is 1.58. The second-order valence-electron chi connectivity index (χ2n) is 3.71. The van der Waals surface area contributed by atoms with Crippen molar-refractivity contribution >= 4 is 6.08 Å². The molecule has 1 aliphatic rings. The SMILES string of the molecule is CCC1(C(F)(F)F)C=Cc2ccccc2O1. The average molecular weight is 228 g/mol. The largest absolute Gasteiger partial charge is 0.473 e. The van der Waals surface area contributed by atoms with Gasteiger partial charge >= 0.3 is 6.18 Å². The van der Waals surface area contributed by atoms with E-state index in [4.69, 9.17) is 4.74 Å². The van der Waals surface area contributed by atoms with E-state index in [0.29, 0.717) is 5.56 Å². The smallest absolute Gasteiger partial charge is 0.432 e. The Morgan fingerprint density at radius 1 is 1.25 bits per heavy atom. The predicted octanol–water partition coefficient (Wildman–Crippen LogP) is 3.80. The van der Waals surface area contributed by atoms with Crippen LogP contribution in [0.5, 0.6) is 5.75 Å². The predicted molar refractivity (Wildman–Crippen MR) is 55.2 cm³/mol. The molecule has 0 aromatic heterocycles. The molecular formula is C12H11F3O. The van der Waals surface area contributed by atoms with Crippen LogP contribution >= 0.6 is 0 Å². The summed E-state index contributed by atoms with van der Waals surface area (Å²) in [4.78, 5) is 0. The van der Waals surface area contributed by atoms with Crippen LogP contribution in [0.2, 0.25) is 0 Å². The van der Waals surface area contributed by atoms with Crippen LogP contribution in [0.3, 0.4) is 0 Å². The molecule has 0 radical (unpaired) electrons. The lowest BCUT2D eigenvalue weighted by Gasteiger charge is -2.35. The number of rotatable bonds is 1. The van der Waals surface area contributed by atoms with Gasteiger partial charge in [0.05, 0.1) is 0 Å². The number of hydrogen-bond acceptors (Lipinski definition) is 1.